The van der Waals surface area contributed by atoms with E-state index < -0.39 is 10.1 Å². The van der Waals surface area contributed by atoms with Crippen LogP contribution >= 0.6 is 0 Å². The molecule has 0 spiro atoms. The molecular formula is C17H29NO4S. The van der Waals surface area contributed by atoms with Gasteiger partial charge in [0.2, 0.25) is 0 Å². The SMILES string of the molecule is CCC1(c2cccc(O)c2)CCCCN(C)C1.CCS(=O)(=O)O. The first-order valence-electron chi connectivity index (χ1n) is 8.15. The number of aromatic hydroxyl groups is 1. The molecule has 1 aromatic rings. The summed E-state index contributed by atoms with van der Waals surface area (Å²) < 4.78 is 26.9. The van der Waals surface area contributed by atoms with Crippen molar-refractivity contribution in [2.24, 2.45) is 0 Å². The summed E-state index contributed by atoms with van der Waals surface area (Å²) in [5.74, 6) is 0.190. The molecular weight excluding hydrogens is 314 g/mol. The zero-order valence-electron chi connectivity index (χ0n) is 14.3. The van der Waals surface area contributed by atoms with Gasteiger partial charge in [0.25, 0.3) is 10.1 Å². The van der Waals surface area contributed by atoms with E-state index in [1.165, 1.54) is 38.3 Å². The van der Waals surface area contributed by atoms with Crippen LogP contribution in [0.25, 0.3) is 0 Å². The number of likely N-dealkylation sites (tertiary alicyclic amines) is 1. The molecule has 0 aliphatic carbocycles. The monoisotopic (exact) mass is 343 g/mol. The summed E-state index contributed by atoms with van der Waals surface area (Å²) in [6, 6.07) is 7.84. The quantitative estimate of drug-likeness (QED) is 0.825. The van der Waals surface area contributed by atoms with Crippen LogP contribution in [0.2, 0.25) is 0 Å². The lowest BCUT2D eigenvalue weighted by atomic mass is 9.74. The summed E-state index contributed by atoms with van der Waals surface area (Å²) in [5.41, 5.74) is 1.53. The van der Waals surface area contributed by atoms with E-state index in [2.05, 4.69) is 24.9 Å². The molecule has 1 aromatic carbocycles. The second-order valence-corrected chi connectivity index (χ2v) is 7.99. The van der Waals surface area contributed by atoms with Gasteiger partial charge in [-0.2, -0.15) is 8.42 Å². The van der Waals surface area contributed by atoms with E-state index in [4.69, 9.17) is 4.55 Å². The maximum atomic E-state index is 9.68. The van der Waals surface area contributed by atoms with Crippen LogP contribution in [0.15, 0.2) is 24.3 Å². The highest BCUT2D eigenvalue weighted by Crippen LogP contribution is 2.37. The van der Waals surface area contributed by atoms with Crippen LogP contribution in [0, 0.1) is 0 Å². The standard InChI is InChI=1S/C15H23NO.C2H6O3S/c1-3-15(9-4-5-10-16(2)12-15)13-7-6-8-14(17)11-13;1-2-6(3,4)5/h6-8,11,17H,3-5,9-10,12H2,1-2H3;2H2,1H3,(H,3,4,5). The Bertz CT molecular complexity index is 588. The summed E-state index contributed by atoms with van der Waals surface area (Å²) in [6.07, 6.45) is 4.95. The first kappa shape index (κ1) is 19.9. The number of phenolic OH excluding ortho intramolecular Hbond substituents is 1. The van der Waals surface area contributed by atoms with Gasteiger partial charge < -0.3 is 10.0 Å². The van der Waals surface area contributed by atoms with Gasteiger partial charge in [0.05, 0.1) is 5.75 Å². The van der Waals surface area contributed by atoms with E-state index >= 15 is 0 Å². The molecule has 2 N–H and O–H groups in total. The highest BCUT2D eigenvalue weighted by atomic mass is 32.2. The van der Waals surface area contributed by atoms with Gasteiger partial charge in [-0.05, 0) is 57.5 Å². The third kappa shape index (κ3) is 6.49. The number of likely N-dealkylation sites (N-methyl/N-ethyl adjacent to an activating group) is 1. The summed E-state index contributed by atoms with van der Waals surface area (Å²) in [4.78, 5) is 2.43. The lowest BCUT2D eigenvalue weighted by Gasteiger charge is -2.35. The Hall–Kier alpha value is -1.11. The predicted molar refractivity (Wildman–Crippen MR) is 93.5 cm³/mol. The fourth-order valence-electron chi connectivity index (χ4n) is 3.08. The minimum Gasteiger partial charge on any atom is -0.508 e. The van der Waals surface area contributed by atoms with Crippen molar-refractivity contribution in [3.63, 3.8) is 0 Å². The van der Waals surface area contributed by atoms with Crippen LogP contribution in [-0.2, 0) is 15.5 Å². The van der Waals surface area contributed by atoms with Gasteiger partial charge in [-0.1, -0.05) is 25.5 Å². The average molecular weight is 343 g/mol. The molecule has 23 heavy (non-hydrogen) atoms. The second kappa shape index (κ2) is 8.66. The molecule has 1 unspecified atom stereocenters. The molecule has 0 aromatic heterocycles. The van der Waals surface area contributed by atoms with Crippen LogP contribution in [0.4, 0.5) is 0 Å². The smallest absolute Gasteiger partial charge is 0.264 e. The van der Waals surface area contributed by atoms with Crippen molar-refractivity contribution < 1.29 is 18.1 Å². The molecule has 0 amide bonds. The molecule has 0 saturated carbocycles. The van der Waals surface area contributed by atoms with Crippen molar-refractivity contribution in [2.75, 3.05) is 25.9 Å². The molecule has 1 aliphatic heterocycles. The van der Waals surface area contributed by atoms with Gasteiger partial charge in [-0.15, -0.1) is 0 Å². The maximum Gasteiger partial charge on any atom is 0.264 e. The number of rotatable bonds is 3. The Labute approximate surface area is 140 Å². The van der Waals surface area contributed by atoms with Gasteiger partial charge >= 0.3 is 0 Å². The van der Waals surface area contributed by atoms with Crippen LogP contribution in [-0.4, -0.2) is 48.9 Å². The normalized spacial score (nSPS) is 22.8. The van der Waals surface area contributed by atoms with E-state index in [9.17, 15) is 13.5 Å². The molecule has 132 valence electrons. The van der Waals surface area contributed by atoms with E-state index in [0.717, 1.165) is 13.0 Å². The second-order valence-electron chi connectivity index (χ2n) is 6.25. The van der Waals surface area contributed by atoms with E-state index in [0.29, 0.717) is 5.75 Å². The predicted octanol–water partition coefficient (Wildman–Crippen LogP) is 3.05. The number of nitrogens with zero attached hydrogens (tertiary/aromatic N) is 1. The molecule has 1 saturated heterocycles. The Morgan fingerprint density at radius 2 is 1.91 bits per heavy atom. The number of hydrogen-bond acceptors (Lipinski definition) is 4. The van der Waals surface area contributed by atoms with Crippen LogP contribution in [0.1, 0.15) is 45.1 Å². The van der Waals surface area contributed by atoms with Gasteiger partial charge in [-0.25, -0.2) is 0 Å². The Morgan fingerprint density at radius 1 is 1.26 bits per heavy atom. The average Bonchev–Trinajstić information content (AvgIpc) is 2.69. The minimum absolute atomic E-state index is 0.201. The molecule has 0 bridgehead atoms. The first-order chi connectivity index (χ1) is 10.7. The largest absolute Gasteiger partial charge is 0.508 e. The Morgan fingerprint density at radius 3 is 2.43 bits per heavy atom. The van der Waals surface area contributed by atoms with Crippen LogP contribution < -0.4 is 0 Å². The first-order valence-corrected chi connectivity index (χ1v) is 9.76. The Kier molecular flexibility index (Phi) is 7.51. The molecule has 1 atom stereocenters. The topological polar surface area (TPSA) is 77.8 Å². The summed E-state index contributed by atoms with van der Waals surface area (Å²) >= 11 is 0. The third-order valence-electron chi connectivity index (χ3n) is 4.52. The maximum absolute atomic E-state index is 9.68. The summed E-state index contributed by atoms with van der Waals surface area (Å²) in [7, 11) is -1.46. The van der Waals surface area contributed by atoms with E-state index in [-0.39, 0.29) is 11.2 Å². The zero-order chi connectivity index (χ0) is 17.5. The van der Waals surface area contributed by atoms with E-state index in [1.807, 2.05) is 12.1 Å². The molecule has 1 heterocycles. The summed E-state index contributed by atoms with van der Waals surface area (Å²) in [6.45, 7) is 5.94. The molecule has 2 rings (SSSR count). The fraction of sp³-hybridized carbons (Fsp3) is 0.647. The molecule has 1 aliphatic rings. The molecule has 5 nitrogen and oxygen atoms in total. The molecule has 1 fully saturated rings. The Balaban J connectivity index is 0.000000379. The van der Waals surface area contributed by atoms with Crippen molar-refractivity contribution in [1.82, 2.24) is 4.90 Å². The lowest BCUT2D eigenvalue weighted by Crippen LogP contribution is -2.37. The lowest BCUT2D eigenvalue weighted by molar-refractivity contribution is 0.256. The van der Waals surface area contributed by atoms with Crippen molar-refractivity contribution in [3.8, 4) is 5.75 Å². The minimum atomic E-state index is -3.66. The number of benzene rings is 1. The van der Waals surface area contributed by atoms with Gasteiger partial charge in [0.1, 0.15) is 5.75 Å². The van der Waals surface area contributed by atoms with Crippen LogP contribution in [0.3, 0.4) is 0 Å². The van der Waals surface area contributed by atoms with Crippen LogP contribution in [0.5, 0.6) is 5.75 Å². The van der Waals surface area contributed by atoms with Crippen molar-refractivity contribution in [3.05, 3.63) is 29.8 Å². The number of phenols is 1. The molecule has 6 heteroatoms. The molecule has 0 radical (unpaired) electrons. The van der Waals surface area contributed by atoms with Gasteiger partial charge in [0.15, 0.2) is 0 Å². The van der Waals surface area contributed by atoms with Crippen molar-refractivity contribution in [2.45, 2.75) is 44.9 Å². The zero-order valence-corrected chi connectivity index (χ0v) is 15.1. The van der Waals surface area contributed by atoms with Gasteiger partial charge in [0, 0.05) is 12.0 Å². The van der Waals surface area contributed by atoms with E-state index in [1.54, 1.807) is 6.07 Å². The highest BCUT2D eigenvalue weighted by molar-refractivity contribution is 7.85. The number of hydrogen-bond donors (Lipinski definition) is 2. The van der Waals surface area contributed by atoms with Crippen molar-refractivity contribution >= 4 is 10.1 Å². The van der Waals surface area contributed by atoms with Crippen molar-refractivity contribution in [1.29, 1.82) is 0 Å². The summed E-state index contributed by atoms with van der Waals surface area (Å²) in [5, 5.41) is 9.68. The third-order valence-corrected chi connectivity index (χ3v) is 5.25. The highest BCUT2D eigenvalue weighted by Gasteiger charge is 2.33. The fourth-order valence-corrected chi connectivity index (χ4v) is 3.08. The van der Waals surface area contributed by atoms with Gasteiger partial charge in [-0.3, -0.25) is 4.55 Å².